The van der Waals surface area contributed by atoms with Gasteiger partial charge >= 0.3 is 6.18 Å². The van der Waals surface area contributed by atoms with E-state index in [1.807, 2.05) is 17.7 Å². The Hall–Kier alpha value is -0.550. The van der Waals surface area contributed by atoms with Crippen LogP contribution >= 0.6 is 11.3 Å². The smallest absolute Gasteiger partial charge is 0.324 e. The van der Waals surface area contributed by atoms with Crippen LogP contribution in [-0.2, 0) is 0 Å². The molecular formula is C9H12F3NS. The fourth-order valence-electron chi connectivity index (χ4n) is 1.22. The molecule has 0 spiro atoms. The SMILES string of the molecule is Cc1cscc1C(N)CCC(F)(F)F. The Balaban J connectivity index is 2.51. The average molecular weight is 223 g/mol. The molecule has 0 aromatic carbocycles. The molecule has 80 valence electrons. The van der Waals surface area contributed by atoms with Crippen molar-refractivity contribution in [3.05, 3.63) is 21.9 Å². The van der Waals surface area contributed by atoms with E-state index in [1.165, 1.54) is 11.3 Å². The maximum Gasteiger partial charge on any atom is 0.389 e. The zero-order chi connectivity index (χ0) is 10.8. The lowest BCUT2D eigenvalue weighted by Gasteiger charge is -2.12. The first-order chi connectivity index (χ1) is 6.40. The van der Waals surface area contributed by atoms with Gasteiger partial charge in [0, 0.05) is 12.5 Å². The summed E-state index contributed by atoms with van der Waals surface area (Å²) in [7, 11) is 0. The van der Waals surface area contributed by atoms with E-state index in [2.05, 4.69) is 0 Å². The van der Waals surface area contributed by atoms with Crippen LogP contribution < -0.4 is 5.73 Å². The molecule has 1 heterocycles. The van der Waals surface area contributed by atoms with Crippen molar-refractivity contribution in [2.24, 2.45) is 5.73 Å². The summed E-state index contributed by atoms with van der Waals surface area (Å²) in [6.45, 7) is 1.86. The molecule has 0 bridgehead atoms. The van der Waals surface area contributed by atoms with Crippen molar-refractivity contribution in [1.82, 2.24) is 0 Å². The number of nitrogens with two attached hydrogens (primary N) is 1. The minimum atomic E-state index is -4.11. The molecule has 1 aromatic rings. The van der Waals surface area contributed by atoms with Gasteiger partial charge in [-0.2, -0.15) is 24.5 Å². The molecule has 1 nitrogen and oxygen atoms in total. The average Bonchev–Trinajstić information content (AvgIpc) is 2.46. The monoisotopic (exact) mass is 223 g/mol. The normalized spacial score (nSPS) is 14.4. The van der Waals surface area contributed by atoms with Gasteiger partial charge in [-0.15, -0.1) is 0 Å². The van der Waals surface area contributed by atoms with Gasteiger partial charge in [0.05, 0.1) is 0 Å². The molecule has 0 saturated heterocycles. The van der Waals surface area contributed by atoms with Gasteiger partial charge in [0.2, 0.25) is 0 Å². The second-order valence-corrected chi connectivity index (χ2v) is 4.01. The number of aryl methyl sites for hydroxylation is 1. The molecule has 0 aliphatic heterocycles. The molecule has 0 saturated carbocycles. The number of alkyl halides is 3. The van der Waals surface area contributed by atoms with Crippen molar-refractivity contribution >= 4 is 11.3 Å². The van der Waals surface area contributed by atoms with Gasteiger partial charge in [0.1, 0.15) is 0 Å². The van der Waals surface area contributed by atoms with Gasteiger partial charge in [-0.05, 0) is 35.2 Å². The quantitative estimate of drug-likeness (QED) is 0.835. The molecule has 1 rings (SSSR count). The van der Waals surface area contributed by atoms with Gasteiger partial charge < -0.3 is 5.73 Å². The molecule has 1 unspecified atom stereocenters. The van der Waals surface area contributed by atoms with Crippen LogP contribution in [0.5, 0.6) is 0 Å². The first-order valence-electron chi connectivity index (χ1n) is 4.25. The van der Waals surface area contributed by atoms with Crippen molar-refractivity contribution in [3.63, 3.8) is 0 Å². The van der Waals surface area contributed by atoms with E-state index in [0.29, 0.717) is 0 Å². The predicted molar refractivity (Wildman–Crippen MR) is 51.3 cm³/mol. The first-order valence-corrected chi connectivity index (χ1v) is 5.19. The molecule has 0 amide bonds. The zero-order valence-electron chi connectivity index (χ0n) is 7.77. The lowest BCUT2D eigenvalue weighted by Crippen LogP contribution is -2.15. The number of hydrogen-bond acceptors (Lipinski definition) is 2. The predicted octanol–water partition coefficient (Wildman–Crippen LogP) is 3.40. The highest BCUT2D eigenvalue weighted by Gasteiger charge is 2.28. The molecule has 14 heavy (non-hydrogen) atoms. The third kappa shape index (κ3) is 3.31. The number of rotatable bonds is 3. The first kappa shape index (κ1) is 11.5. The van der Waals surface area contributed by atoms with Gasteiger partial charge in [-0.25, -0.2) is 0 Å². The van der Waals surface area contributed by atoms with Gasteiger partial charge in [0.25, 0.3) is 0 Å². The Morgan fingerprint density at radius 1 is 1.43 bits per heavy atom. The molecule has 0 fully saturated rings. The molecule has 1 aromatic heterocycles. The highest BCUT2D eigenvalue weighted by molar-refractivity contribution is 7.08. The lowest BCUT2D eigenvalue weighted by atomic mass is 10.0. The van der Waals surface area contributed by atoms with Gasteiger partial charge in [0.15, 0.2) is 0 Å². The Bertz CT molecular complexity index is 292. The summed E-state index contributed by atoms with van der Waals surface area (Å²) >= 11 is 1.47. The second-order valence-electron chi connectivity index (χ2n) is 3.27. The molecular weight excluding hydrogens is 211 g/mol. The summed E-state index contributed by atoms with van der Waals surface area (Å²) < 4.78 is 35.7. The van der Waals surface area contributed by atoms with Crippen LogP contribution in [0.1, 0.15) is 30.0 Å². The van der Waals surface area contributed by atoms with Crippen LogP contribution in [-0.4, -0.2) is 6.18 Å². The summed E-state index contributed by atoms with van der Waals surface area (Å²) in [6.07, 6.45) is -4.97. The van der Waals surface area contributed by atoms with Gasteiger partial charge in [-0.3, -0.25) is 0 Å². The Kier molecular flexibility index (Phi) is 3.55. The summed E-state index contributed by atoms with van der Waals surface area (Å²) in [4.78, 5) is 0. The van der Waals surface area contributed by atoms with E-state index in [0.717, 1.165) is 11.1 Å². The molecule has 0 aliphatic rings. The maximum atomic E-state index is 11.9. The highest BCUT2D eigenvalue weighted by Crippen LogP contribution is 2.28. The van der Waals surface area contributed by atoms with Crippen molar-refractivity contribution < 1.29 is 13.2 Å². The van der Waals surface area contributed by atoms with E-state index in [9.17, 15) is 13.2 Å². The van der Waals surface area contributed by atoms with Crippen LogP contribution in [0.15, 0.2) is 10.8 Å². The Morgan fingerprint density at radius 2 is 2.07 bits per heavy atom. The van der Waals surface area contributed by atoms with Crippen LogP contribution in [0.2, 0.25) is 0 Å². The minimum Gasteiger partial charge on any atom is -0.324 e. The number of halogens is 3. The van der Waals surface area contributed by atoms with Crippen LogP contribution in [0.3, 0.4) is 0 Å². The van der Waals surface area contributed by atoms with Crippen molar-refractivity contribution in [2.45, 2.75) is 32.0 Å². The third-order valence-corrected chi connectivity index (χ3v) is 2.91. The van der Waals surface area contributed by atoms with Crippen LogP contribution in [0.4, 0.5) is 13.2 Å². The second kappa shape index (κ2) is 4.31. The lowest BCUT2D eigenvalue weighted by molar-refractivity contribution is -0.136. The molecule has 1 atom stereocenters. The third-order valence-electron chi connectivity index (χ3n) is 2.03. The molecule has 2 N–H and O–H groups in total. The van der Waals surface area contributed by atoms with Gasteiger partial charge in [-0.1, -0.05) is 0 Å². The van der Waals surface area contributed by atoms with E-state index >= 15 is 0 Å². The number of thiophene rings is 1. The standard InChI is InChI=1S/C9H12F3NS/c1-6-4-14-5-7(6)8(13)2-3-9(10,11)12/h4-5,8H,2-3,13H2,1H3. The van der Waals surface area contributed by atoms with E-state index in [-0.39, 0.29) is 6.42 Å². The summed E-state index contributed by atoms with van der Waals surface area (Å²) in [5.74, 6) is 0. The Labute approximate surface area is 84.7 Å². The fourth-order valence-corrected chi connectivity index (χ4v) is 2.14. The zero-order valence-corrected chi connectivity index (χ0v) is 8.58. The fraction of sp³-hybridized carbons (Fsp3) is 0.556. The highest BCUT2D eigenvalue weighted by atomic mass is 32.1. The topological polar surface area (TPSA) is 26.0 Å². The van der Waals surface area contributed by atoms with E-state index in [4.69, 9.17) is 5.73 Å². The summed E-state index contributed by atoms with van der Waals surface area (Å²) in [5, 5.41) is 3.71. The molecule has 0 aliphatic carbocycles. The van der Waals surface area contributed by atoms with Crippen molar-refractivity contribution in [3.8, 4) is 0 Å². The van der Waals surface area contributed by atoms with Crippen LogP contribution in [0.25, 0.3) is 0 Å². The van der Waals surface area contributed by atoms with Crippen molar-refractivity contribution in [2.75, 3.05) is 0 Å². The van der Waals surface area contributed by atoms with Crippen LogP contribution in [0, 0.1) is 6.92 Å². The summed E-state index contributed by atoms with van der Waals surface area (Å²) in [6, 6.07) is -0.497. The maximum absolute atomic E-state index is 11.9. The largest absolute Gasteiger partial charge is 0.389 e. The Morgan fingerprint density at radius 3 is 2.50 bits per heavy atom. The molecule has 5 heteroatoms. The van der Waals surface area contributed by atoms with Crippen molar-refractivity contribution in [1.29, 1.82) is 0 Å². The van der Waals surface area contributed by atoms with E-state index < -0.39 is 18.6 Å². The van der Waals surface area contributed by atoms with E-state index in [1.54, 1.807) is 0 Å². The molecule has 0 radical (unpaired) electrons. The minimum absolute atomic E-state index is 0.0406. The summed E-state index contributed by atoms with van der Waals surface area (Å²) in [5.41, 5.74) is 7.46. The number of hydrogen-bond donors (Lipinski definition) is 1.